The van der Waals surface area contributed by atoms with Crippen LogP contribution in [0.5, 0.6) is 0 Å². The van der Waals surface area contributed by atoms with Gasteiger partial charge in [-0.25, -0.2) is 13.7 Å². The summed E-state index contributed by atoms with van der Waals surface area (Å²) in [6, 6.07) is 25.9. The van der Waals surface area contributed by atoms with Crippen LogP contribution in [0.1, 0.15) is 10.4 Å². The zero-order valence-electron chi connectivity index (χ0n) is 19.7. The van der Waals surface area contributed by atoms with E-state index in [1.807, 2.05) is 6.07 Å². The minimum absolute atomic E-state index is 0.00495. The Hall–Kier alpha value is -4.76. The van der Waals surface area contributed by atoms with Crippen molar-refractivity contribution in [3.8, 4) is 0 Å². The van der Waals surface area contributed by atoms with E-state index in [2.05, 4.69) is 10.6 Å². The molecule has 4 aromatic rings. The van der Waals surface area contributed by atoms with Crippen molar-refractivity contribution in [1.82, 2.24) is 0 Å². The summed E-state index contributed by atoms with van der Waals surface area (Å²) in [5.74, 6) is -2.48. The van der Waals surface area contributed by atoms with Crippen molar-refractivity contribution in [2.24, 2.45) is 0 Å². The van der Waals surface area contributed by atoms with Gasteiger partial charge in [0.15, 0.2) is 0 Å². The van der Waals surface area contributed by atoms with Crippen molar-refractivity contribution in [2.75, 3.05) is 15.5 Å². The number of amides is 3. The van der Waals surface area contributed by atoms with Gasteiger partial charge in [0.05, 0.1) is 5.69 Å². The van der Waals surface area contributed by atoms with Gasteiger partial charge in [-0.05, 0) is 78.9 Å². The van der Waals surface area contributed by atoms with Gasteiger partial charge in [0.25, 0.3) is 17.7 Å². The second kappa shape index (κ2) is 10.7. The Morgan fingerprint density at radius 3 is 2.05 bits per heavy atom. The van der Waals surface area contributed by atoms with E-state index in [1.165, 1.54) is 36.4 Å². The van der Waals surface area contributed by atoms with Gasteiger partial charge in [-0.2, -0.15) is 0 Å². The quantitative estimate of drug-likeness (QED) is 0.280. The number of imide groups is 1. The molecular formula is C29H19F2N3O3S. The maximum Gasteiger partial charge on any atom is 0.283 e. The number of nitrogens with zero attached hydrogens (tertiary/aromatic N) is 1. The standard InChI is InChI=1S/C29H19F2N3O3S/c30-19-9-13-21(14-10-19)32-25-26(29(37)34(28(25)36)23-15-11-20(31)12-16-23)38-24-8-4-7-22(17-24)33-27(35)18-5-2-1-3-6-18/h1-17,32H,(H,33,35). The summed E-state index contributed by atoms with van der Waals surface area (Å²) in [5.41, 5.74) is 1.61. The third-order valence-corrected chi connectivity index (χ3v) is 6.66. The van der Waals surface area contributed by atoms with Gasteiger partial charge < -0.3 is 10.6 Å². The predicted octanol–water partition coefficient (Wildman–Crippen LogP) is 6.21. The Morgan fingerprint density at radius 2 is 1.37 bits per heavy atom. The van der Waals surface area contributed by atoms with E-state index in [4.69, 9.17) is 0 Å². The van der Waals surface area contributed by atoms with Crippen LogP contribution < -0.4 is 15.5 Å². The first-order valence-electron chi connectivity index (χ1n) is 11.4. The summed E-state index contributed by atoms with van der Waals surface area (Å²) in [7, 11) is 0. The molecule has 0 atom stereocenters. The fraction of sp³-hybridized carbons (Fsp3) is 0. The number of rotatable bonds is 7. The summed E-state index contributed by atoms with van der Waals surface area (Å²) in [5, 5.41) is 5.76. The van der Waals surface area contributed by atoms with E-state index in [9.17, 15) is 23.2 Å². The largest absolute Gasteiger partial charge is 0.350 e. The highest BCUT2D eigenvalue weighted by Gasteiger charge is 2.40. The summed E-state index contributed by atoms with van der Waals surface area (Å²) in [6.45, 7) is 0. The monoisotopic (exact) mass is 527 g/mol. The first-order chi connectivity index (χ1) is 18.4. The lowest BCUT2D eigenvalue weighted by atomic mass is 10.2. The molecule has 0 aromatic heterocycles. The predicted molar refractivity (Wildman–Crippen MR) is 143 cm³/mol. The highest BCUT2D eigenvalue weighted by molar-refractivity contribution is 8.04. The number of hydrogen-bond donors (Lipinski definition) is 2. The molecule has 1 heterocycles. The number of carbonyl (C=O) groups excluding carboxylic acids is 3. The first kappa shape index (κ1) is 24.9. The van der Waals surface area contributed by atoms with E-state index in [1.54, 1.807) is 48.5 Å². The fourth-order valence-electron chi connectivity index (χ4n) is 3.76. The van der Waals surface area contributed by atoms with E-state index >= 15 is 0 Å². The van der Waals surface area contributed by atoms with Crippen LogP contribution in [0, 0.1) is 11.6 Å². The first-order valence-corrected chi connectivity index (χ1v) is 12.3. The Morgan fingerprint density at radius 1 is 0.711 bits per heavy atom. The Labute approximate surface area is 221 Å². The molecule has 0 spiro atoms. The molecule has 5 rings (SSSR count). The number of carbonyl (C=O) groups is 3. The highest BCUT2D eigenvalue weighted by Crippen LogP contribution is 2.38. The van der Waals surface area contributed by atoms with Gasteiger partial charge in [0, 0.05) is 21.8 Å². The van der Waals surface area contributed by atoms with E-state index in [-0.39, 0.29) is 22.2 Å². The smallest absolute Gasteiger partial charge is 0.283 e. The molecule has 0 aliphatic carbocycles. The number of halogens is 2. The van der Waals surface area contributed by atoms with E-state index in [0.29, 0.717) is 21.8 Å². The normalized spacial score (nSPS) is 13.2. The average Bonchev–Trinajstić information content (AvgIpc) is 3.15. The maximum absolute atomic E-state index is 13.5. The van der Waals surface area contributed by atoms with E-state index in [0.717, 1.165) is 28.8 Å². The Balaban J connectivity index is 1.46. The van der Waals surface area contributed by atoms with Crippen LogP contribution in [0.4, 0.5) is 25.8 Å². The van der Waals surface area contributed by atoms with Crippen molar-refractivity contribution in [2.45, 2.75) is 4.90 Å². The second-order valence-corrected chi connectivity index (χ2v) is 9.29. The maximum atomic E-state index is 13.5. The minimum Gasteiger partial charge on any atom is -0.350 e. The van der Waals surface area contributed by atoms with Crippen LogP contribution in [-0.2, 0) is 9.59 Å². The molecule has 0 saturated carbocycles. The van der Waals surface area contributed by atoms with Crippen LogP contribution in [0.3, 0.4) is 0 Å². The molecule has 0 bridgehead atoms. The highest BCUT2D eigenvalue weighted by atomic mass is 32.2. The lowest BCUT2D eigenvalue weighted by Crippen LogP contribution is -2.32. The Bertz CT molecular complexity index is 1560. The van der Waals surface area contributed by atoms with Gasteiger partial charge in [-0.1, -0.05) is 36.0 Å². The van der Waals surface area contributed by atoms with Crippen LogP contribution in [-0.4, -0.2) is 17.7 Å². The molecule has 0 saturated heterocycles. The van der Waals surface area contributed by atoms with Crippen molar-refractivity contribution in [3.63, 3.8) is 0 Å². The lowest BCUT2D eigenvalue weighted by Gasteiger charge is -2.15. The third-order valence-electron chi connectivity index (χ3n) is 5.59. The molecule has 0 fully saturated rings. The molecule has 1 aliphatic rings. The zero-order chi connectivity index (χ0) is 26.6. The Kier molecular flexibility index (Phi) is 7.01. The van der Waals surface area contributed by atoms with Crippen molar-refractivity contribution < 1.29 is 23.2 Å². The van der Waals surface area contributed by atoms with Crippen LogP contribution in [0.25, 0.3) is 0 Å². The third kappa shape index (κ3) is 5.33. The van der Waals surface area contributed by atoms with Crippen molar-refractivity contribution in [3.05, 3.63) is 131 Å². The molecular weight excluding hydrogens is 508 g/mol. The van der Waals surface area contributed by atoms with Gasteiger partial charge >= 0.3 is 0 Å². The molecule has 38 heavy (non-hydrogen) atoms. The molecule has 0 radical (unpaired) electrons. The van der Waals surface area contributed by atoms with Crippen LogP contribution in [0.15, 0.2) is 119 Å². The summed E-state index contributed by atoms with van der Waals surface area (Å²) >= 11 is 1.04. The van der Waals surface area contributed by atoms with E-state index < -0.39 is 23.4 Å². The average molecular weight is 528 g/mol. The molecule has 9 heteroatoms. The lowest BCUT2D eigenvalue weighted by molar-refractivity contribution is -0.120. The number of nitrogens with one attached hydrogen (secondary N) is 2. The fourth-order valence-corrected chi connectivity index (χ4v) is 4.75. The van der Waals surface area contributed by atoms with Crippen LogP contribution in [0.2, 0.25) is 0 Å². The molecule has 0 unspecified atom stereocenters. The molecule has 6 nitrogen and oxygen atoms in total. The molecule has 3 amide bonds. The topological polar surface area (TPSA) is 78.5 Å². The van der Waals surface area contributed by atoms with Gasteiger partial charge in [-0.3, -0.25) is 14.4 Å². The zero-order valence-corrected chi connectivity index (χ0v) is 20.5. The SMILES string of the molecule is O=C(Nc1cccc(SC2=C(Nc3ccc(F)cc3)C(=O)N(c3ccc(F)cc3)C2=O)c1)c1ccccc1. The minimum atomic E-state index is -0.637. The number of hydrogen-bond acceptors (Lipinski definition) is 5. The number of thioether (sulfide) groups is 1. The van der Waals surface area contributed by atoms with Gasteiger partial charge in [0.1, 0.15) is 22.2 Å². The van der Waals surface area contributed by atoms with Crippen molar-refractivity contribution in [1.29, 1.82) is 0 Å². The van der Waals surface area contributed by atoms with Crippen molar-refractivity contribution >= 4 is 46.5 Å². The number of anilines is 3. The molecule has 1 aliphatic heterocycles. The second-order valence-electron chi connectivity index (χ2n) is 8.21. The number of benzene rings is 4. The van der Waals surface area contributed by atoms with Gasteiger partial charge in [-0.15, -0.1) is 0 Å². The van der Waals surface area contributed by atoms with Crippen LogP contribution >= 0.6 is 11.8 Å². The summed E-state index contributed by atoms with van der Waals surface area (Å²) in [4.78, 5) is 41.1. The van der Waals surface area contributed by atoms with Gasteiger partial charge in [0.2, 0.25) is 0 Å². The molecule has 188 valence electrons. The summed E-state index contributed by atoms with van der Waals surface area (Å²) < 4.78 is 26.9. The molecule has 2 N–H and O–H groups in total. The molecule has 4 aromatic carbocycles. The summed E-state index contributed by atoms with van der Waals surface area (Å²) in [6.07, 6.45) is 0.